The highest BCUT2D eigenvalue weighted by atomic mass is 32.2. The molecule has 1 amide bonds. The lowest BCUT2D eigenvalue weighted by molar-refractivity contribution is -0.128. The Morgan fingerprint density at radius 2 is 2.27 bits per heavy atom. The molecule has 2 aliphatic heterocycles. The van der Waals surface area contributed by atoms with Crippen molar-refractivity contribution in [1.29, 1.82) is 0 Å². The van der Waals surface area contributed by atoms with Gasteiger partial charge in [-0.05, 0) is 12.1 Å². The highest BCUT2D eigenvalue weighted by Gasteiger charge is 2.24. The lowest BCUT2D eigenvalue weighted by Crippen LogP contribution is -2.42. The number of carbonyl (C=O) groups excluding carboxylic acids is 1. The molecular weight excluding hydrogens is 320 g/mol. The van der Waals surface area contributed by atoms with E-state index in [4.69, 9.17) is 9.47 Å². The predicted molar refractivity (Wildman–Crippen MR) is 91.2 cm³/mol. The zero-order valence-electron chi connectivity index (χ0n) is 12.4. The smallest absolute Gasteiger partial charge is 0.232 e. The molecule has 3 rings (SSSR count). The van der Waals surface area contributed by atoms with Crippen LogP contribution in [0.2, 0.25) is 0 Å². The molecule has 1 aromatic carbocycles. The van der Waals surface area contributed by atoms with E-state index >= 15 is 0 Å². The number of fused-ring (bicyclic) bond motifs is 1. The summed E-state index contributed by atoms with van der Waals surface area (Å²) in [4.78, 5) is 18.2. The minimum atomic E-state index is -0.132. The van der Waals surface area contributed by atoms with Gasteiger partial charge in [-0.25, -0.2) is 0 Å². The van der Waals surface area contributed by atoms with Crippen LogP contribution in [-0.2, 0) is 4.79 Å². The van der Waals surface area contributed by atoms with Crippen LogP contribution >= 0.6 is 23.5 Å². The van der Waals surface area contributed by atoms with Crippen molar-refractivity contribution in [3.05, 3.63) is 24.3 Å². The number of ether oxygens (including phenoxy) is 2. The van der Waals surface area contributed by atoms with Crippen molar-refractivity contribution in [2.75, 3.05) is 38.2 Å². The van der Waals surface area contributed by atoms with Crippen molar-refractivity contribution >= 4 is 33.8 Å². The molecule has 2 aliphatic rings. The van der Waals surface area contributed by atoms with Gasteiger partial charge in [-0.15, -0.1) is 0 Å². The summed E-state index contributed by atoms with van der Waals surface area (Å²) in [6.45, 7) is 1.85. The van der Waals surface area contributed by atoms with Gasteiger partial charge in [0.25, 0.3) is 0 Å². The quantitative estimate of drug-likeness (QED) is 0.842. The molecule has 1 atom stereocenters. The van der Waals surface area contributed by atoms with Gasteiger partial charge >= 0.3 is 0 Å². The summed E-state index contributed by atoms with van der Waals surface area (Å²) in [7, 11) is 1.80. The number of amides is 1. The number of thioether (sulfide) groups is 2. The van der Waals surface area contributed by atoms with E-state index < -0.39 is 0 Å². The first-order chi connectivity index (χ1) is 10.7. The molecule has 0 aromatic heterocycles. The zero-order chi connectivity index (χ0) is 15.4. The number of aliphatic imine (C=N–C) groups is 1. The molecule has 0 aliphatic carbocycles. The topological polar surface area (TPSA) is 51.1 Å². The average Bonchev–Trinajstić information content (AvgIpc) is 3.06. The van der Waals surface area contributed by atoms with Crippen LogP contribution in [0.15, 0.2) is 29.3 Å². The van der Waals surface area contributed by atoms with Gasteiger partial charge in [0, 0.05) is 12.8 Å². The second-order valence-corrected chi connectivity index (χ2v) is 7.36. The van der Waals surface area contributed by atoms with Gasteiger partial charge in [0.15, 0.2) is 17.6 Å². The molecule has 0 bridgehead atoms. The van der Waals surface area contributed by atoms with E-state index in [9.17, 15) is 4.79 Å². The van der Waals surface area contributed by atoms with Crippen molar-refractivity contribution in [2.45, 2.75) is 6.10 Å². The molecule has 0 fully saturated rings. The highest BCUT2D eigenvalue weighted by Crippen LogP contribution is 2.31. The van der Waals surface area contributed by atoms with E-state index in [1.54, 1.807) is 23.7 Å². The Morgan fingerprint density at radius 1 is 1.45 bits per heavy atom. The highest BCUT2D eigenvalue weighted by molar-refractivity contribution is 8.39. The summed E-state index contributed by atoms with van der Waals surface area (Å²) in [5.41, 5.74) is 0. The summed E-state index contributed by atoms with van der Waals surface area (Å²) in [6, 6.07) is 7.60. The van der Waals surface area contributed by atoms with Crippen LogP contribution < -0.4 is 9.47 Å². The fraction of sp³-hybridized carbons (Fsp3) is 0.467. The average molecular weight is 338 g/mol. The number of nitrogens with zero attached hydrogens (tertiary/aromatic N) is 2. The minimum Gasteiger partial charge on any atom is -0.486 e. The monoisotopic (exact) mass is 338 g/mol. The maximum absolute atomic E-state index is 12.2. The maximum atomic E-state index is 12.2. The van der Waals surface area contributed by atoms with Gasteiger partial charge < -0.3 is 14.4 Å². The van der Waals surface area contributed by atoms with Crippen LogP contribution in [0.5, 0.6) is 11.5 Å². The molecule has 0 radical (unpaired) electrons. The summed E-state index contributed by atoms with van der Waals surface area (Å²) >= 11 is 3.24. The number of likely N-dealkylation sites (N-methyl/N-ethyl adjacent to an activating group) is 1. The molecule has 0 N–H and O–H groups in total. The Bertz CT molecular complexity index is 580. The lowest BCUT2D eigenvalue weighted by Gasteiger charge is -2.29. The standard InChI is InChI=1S/C15H18N2O3S2/c1-17(14(18)10-22-15-16-6-7-21-15)8-11-9-19-12-4-2-3-5-13(12)20-11/h2-5,11H,6-10H2,1H3/t11-/m1/s1. The van der Waals surface area contributed by atoms with Crippen LogP contribution in [-0.4, -0.2) is 59.5 Å². The third-order valence-electron chi connectivity index (χ3n) is 3.35. The molecule has 118 valence electrons. The van der Waals surface area contributed by atoms with Gasteiger partial charge in [0.2, 0.25) is 5.91 Å². The number of para-hydroxylation sites is 2. The number of rotatable bonds is 4. The molecule has 2 heterocycles. The number of hydrogen-bond donors (Lipinski definition) is 0. The number of carbonyl (C=O) groups is 1. The Labute approximate surface area is 138 Å². The van der Waals surface area contributed by atoms with Crippen LogP contribution in [0.25, 0.3) is 0 Å². The van der Waals surface area contributed by atoms with Crippen LogP contribution in [0.4, 0.5) is 0 Å². The molecule has 5 nitrogen and oxygen atoms in total. The first-order valence-corrected chi connectivity index (χ1v) is 9.12. The Kier molecular flexibility index (Phi) is 5.15. The second-order valence-electron chi connectivity index (χ2n) is 5.06. The van der Waals surface area contributed by atoms with E-state index in [1.165, 1.54) is 11.8 Å². The largest absolute Gasteiger partial charge is 0.486 e. The normalized spacial score (nSPS) is 19.7. The molecule has 1 aromatic rings. The van der Waals surface area contributed by atoms with Gasteiger partial charge in [-0.3, -0.25) is 9.79 Å². The third kappa shape index (κ3) is 3.89. The minimum absolute atomic E-state index is 0.0858. The van der Waals surface area contributed by atoms with Crippen molar-refractivity contribution in [3.63, 3.8) is 0 Å². The molecule has 0 saturated heterocycles. The molecule has 0 saturated carbocycles. The van der Waals surface area contributed by atoms with Gasteiger partial charge in [0.1, 0.15) is 11.0 Å². The molecule has 22 heavy (non-hydrogen) atoms. The van der Waals surface area contributed by atoms with Gasteiger partial charge in [-0.2, -0.15) is 0 Å². The molecular formula is C15H18N2O3S2. The number of hydrogen-bond acceptors (Lipinski definition) is 6. The Balaban J connectivity index is 1.47. The summed E-state index contributed by atoms with van der Waals surface area (Å²) in [6.07, 6.45) is -0.132. The van der Waals surface area contributed by atoms with E-state index in [0.29, 0.717) is 18.9 Å². The van der Waals surface area contributed by atoms with Gasteiger partial charge in [-0.1, -0.05) is 35.7 Å². The van der Waals surface area contributed by atoms with Crippen LogP contribution in [0.3, 0.4) is 0 Å². The molecule has 7 heteroatoms. The van der Waals surface area contributed by atoms with Crippen LogP contribution in [0.1, 0.15) is 0 Å². The fourth-order valence-corrected chi connectivity index (χ4v) is 4.15. The first kappa shape index (κ1) is 15.6. The van der Waals surface area contributed by atoms with E-state index in [1.807, 2.05) is 24.3 Å². The van der Waals surface area contributed by atoms with E-state index in [0.717, 1.165) is 28.2 Å². The van der Waals surface area contributed by atoms with Crippen molar-refractivity contribution in [2.24, 2.45) is 4.99 Å². The molecule has 0 spiro atoms. The molecule has 0 unspecified atom stereocenters. The van der Waals surface area contributed by atoms with Gasteiger partial charge in [0.05, 0.1) is 18.8 Å². The van der Waals surface area contributed by atoms with E-state index in [2.05, 4.69) is 4.99 Å². The van der Waals surface area contributed by atoms with Crippen molar-refractivity contribution in [1.82, 2.24) is 4.90 Å². The summed E-state index contributed by atoms with van der Waals surface area (Å²) < 4.78 is 12.6. The predicted octanol–water partition coefficient (Wildman–Crippen LogP) is 2.12. The van der Waals surface area contributed by atoms with Crippen molar-refractivity contribution in [3.8, 4) is 11.5 Å². The Morgan fingerprint density at radius 3 is 3.05 bits per heavy atom. The number of benzene rings is 1. The van der Waals surface area contributed by atoms with Crippen LogP contribution in [0, 0.1) is 0 Å². The third-order valence-corrected chi connectivity index (χ3v) is 5.58. The first-order valence-electron chi connectivity index (χ1n) is 7.15. The second kappa shape index (κ2) is 7.28. The summed E-state index contributed by atoms with van der Waals surface area (Å²) in [5.74, 6) is 3.04. The summed E-state index contributed by atoms with van der Waals surface area (Å²) in [5, 5.41) is 0. The van der Waals surface area contributed by atoms with Crippen molar-refractivity contribution < 1.29 is 14.3 Å². The van der Waals surface area contributed by atoms with E-state index in [-0.39, 0.29) is 12.0 Å². The fourth-order valence-electron chi connectivity index (χ4n) is 2.20. The maximum Gasteiger partial charge on any atom is 0.232 e. The zero-order valence-corrected chi connectivity index (χ0v) is 14.0. The lowest BCUT2D eigenvalue weighted by atomic mass is 10.2. The SMILES string of the molecule is CN(C[C@@H]1COc2ccccc2O1)C(=O)CSC1=NCCS1. The Hall–Kier alpha value is -1.34.